The number of nitro benzene ring substituents is 2. The zero-order valence-electron chi connectivity index (χ0n) is 20.6. The molecule has 0 saturated carbocycles. The van der Waals surface area contributed by atoms with Gasteiger partial charge in [-0.3, -0.25) is 20.2 Å². The second-order valence-corrected chi connectivity index (χ2v) is 7.55. The maximum Gasteiger partial charge on any atom is 0.343 e. The number of aryl methyl sites for hydroxylation is 1. The summed E-state index contributed by atoms with van der Waals surface area (Å²) in [6.45, 7) is 2.76. The van der Waals surface area contributed by atoms with Crippen molar-refractivity contribution in [2.24, 2.45) is 0 Å². The molecule has 0 aromatic heterocycles. The molecule has 0 fully saturated rings. The van der Waals surface area contributed by atoms with Gasteiger partial charge in [-0.1, -0.05) is 12.1 Å². The van der Waals surface area contributed by atoms with Crippen molar-refractivity contribution >= 4 is 35.3 Å². The largest absolute Gasteiger partial charge is 0.478 e. The smallest absolute Gasteiger partial charge is 0.343 e. The standard InChI is InChI=1S/C8H4FNO6.C8H6FNO4.C8H7FO2/c9-3-1-2-4(10(15)16)6(8(13)14)5(3)7(11)12;1-4-6(10(13)14)3-2-5(9)7(4)8(11)12;1-5-3-2-4-6(9)7(5)8(10)11/h1-2H,(H,11,12)(H,13,14);2-3H,1H3,(H,11,12);2-4H,1H3,(H,10,11). The highest BCUT2D eigenvalue weighted by atomic mass is 19.1. The summed E-state index contributed by atoms with van der Waals surface area (Å²) in [6, 6.07) is 7.03. The average molecular weight is 582 g/mol. The van der Waals surface area contributed by atoms with E-state index in [4.69, 9.17) is 20.4 Å². The van der Waals surface area contributed by atoms with Crippen LogP contribution < -0.4 is 0 Å². The summed E-state index contributed by atoms with van der Waals surface area (Å²) in [7, 11) is 0. The first-order valence-electron chi connectivity index (χ1n) is 10.5. The Morgan fingerprint density at radius 1 is 0.585 bits per heavy atom. The van der Waals surface area contributed by atoms with Gasteiger partial charge in [0.2, 0.25) is 0 Å². The van der Waals surface area contributed by atoms with Crippen molar-refractivity contribution < 1.29 is 62.6 Å². The van der Waals surface area contributed by atoms with E-state index in [9.17, 15) is 52.6 Å². The Kier molecular flexibility index (Phi) is 11.1. The van der Waals surface area contributed by atoms with Crippen LogP contribution in [0.15, 0.2) is 42.5 Å². The molecule has 4 N–H and O–H groups in total. The molecule has 17 heteroatoms. The highest BCUT2D eigenvalue weighted by Crippen LogP contribution is 2.25. The van der Waals surface area contributed by atoms with E-state index in [2.05, 4.69) is 0 Å². The van der Waals surface area contributed by atoms with E-state index in [1.54, 1.807) is 13.0 Å². The average Bonchev–Trinajstić information content (AvgIpc) is 2.83. The number of hydrogen-bond donors (Lipinski definition) is 4. The Labute approximate surface area is 225 Å². The van der Waals surface area contributed by atoms with Crippen LogP contribution in [0.5, 0.6) is 0 Å². The molecule has 0 atom stereocenters. The lowest BCUT2D eigenvalue weighted by atomic mass is 10.0. The number of carboxylic acid groups (broad SMARTS) is 4. The summed E-state index contributed by atoms with van der Waals surface area (Å²) < 4.78 is 38.7. The molecule has 0 aliphatic heterocycles. The summed E-state index contributed by atoms with van der Waals surface area (Å²) in [5.41, 5.74) is -4.39. The Morgan fingerprint density at radius 3 is 1.34 bits per heavy atom. The first kappa shape index (κ1) is 33.2. The zero-order chi connectivity index (χ0) is 31.8. The molecule has 14 nitrogen and oxygen atoms in total. The molecule has 0 bridgehead atoms. The van der Waals surface area contributed by atoms with Crippen molar-refractivity contribution in [3.8, 4) is 0 Å². The maximum absolute atomic E-state index is 13.0. The predicted octanol–water partition coefficient (Wildman–Crippen LogP) is 4.70. The molecule has 0 spiro atoms. The van der Waals surface area contributed by atoms with Crippen LogP contribution in [-0.2, 0) is 0 Å². The minimum absolute atomic E-state index is 0.178. The third-order valence-electron chi connectivity index (χ3n) is 4.99. The van der Waals surface area contributed by atoms with Gasteiger partial charge in [-0.2, -0.15) is 0 Å². The van der Waals surface area contributed by atoms with E-state index in [-0.39, 0.29) is 11.1 Å². The molecule has 0 unspecified atom stereocenters. The van der Waals surface area contributed by atoms with E-state index in [1.165, 1.54) is 13.0 Å². The van der Waals surface area contributed by atoms with Crippen molar-refractivity contribution in [1.29, 1.82) is 0 Å². The van der Waals surface area contributed by atoms with Crippen LogP contribution in [0.3, 0.4) is 0 Å². The van der Waals surface area contributed by atoms with Crippen molar-refractivity contribution in [2.45, 2.75) is 13.8 Å². The van der Waals surface area contributed by atoms with Gasteiger partial charge in [0.1, 0.15) is 28.6 Å². The van der Waals surface area contributed by atoms with Gasteiger partial charge in [0.15, 0.2) is 5.56 Å². The van der Waals surface area contributed by atoms with Crippen LogP contribution in [0.1, 0.15) is 52.6 Å². The second-order valence-electron chi connectivity index (χ2n) is 7.55. The number of nitro groups is 2. The van der Waals surface area contributed by atoms with Crippen molar-refractivity contribution in [3.05, 3.63) is 114 Å². The molecular weight excluding hydrogens is 565 g/mol. The monoisotopic (exact) mass is 582 g/mol. The lowest BCUT2D eigenvalue weighted by molar-refractivity contribution is -0.385. The Bertz CT molecular complexity index is 1550. The molecular formula is C24H17F3N2O12. The van der Waals surface area contributed by atoms with E-state index < -0.39 is 79.2 Å². The van der Waals surface area contributed by atoms with Crippen LogP contribution >= 0.6 is 0 Å². The number of carboxylic acids is 4. The Balaban J connectivity index is 0.000000313. The molecule has 0 aliphatic rings. The van der Waals surface area contributed by atoms with E-state index in [1.807, 2.05) is 0 Å². The SMILES string of the molecule is Cc1c([N+](=O)[O-])ccc(F)c1C(=O)O.Cc1cccc(F)c1C(=O)O.O=C(O)c1c(F)ccc([N+](=O)[O-])c1C(=O)O. The fourth-order valence-electron chi connectivity index (χ4n) is 3.17. The third-order valence-corrected chi connectivity index (χ3v) is 4.99. The summed E-state index contributed by atoms with van der Waals surface area (Å²) >= 11 is 0. The maximum atomic E-state index is 13.0. The number of rotatable bonds is 6. The molecule has 3 rings (SSSR count). The van der Waals surface area contributed by atoms with Gasteiger partial charge >= 0.3 is 23.9 Å². The van der Waals surface area contributed by atoms with Gasteiger partial charge < -0.3 is 20.4 Å². The molecule has 0 radical (unpaired) electrons. The van der Waals surface area contributed by atoms with Crippen LogP contribution in [-0.4, -0.2) is 54.1 Å². The topological polar surface area (TPSA) is 235 Å². The van der Waals surface area contributed by atoms with Gasteiger partial charge in [0.25, 0.3) is 11.4 Å². The zero-order valence-corrected chi connectivity index (χ0v) is 20.6. The Hall–Kier alpha value is -5.87. The molecule has 3 aromatic rings. The van der Waals surface area contributed by atoms with Crippen molar-refractivity contribution in [1.82, 2.24) is 0 Å². The molecule has 0 amide bonds. The predicted molar refractivity (Wildman–Crippen MR) is 130 cm³/mol. The van der Waals surface area contributed by atoms with Crippen molar-refractivity contribution in [3.63, 3.8) is 0 Å². The lowest BCUT2D eigenvalue weighted by Gasteiger charge is -2.03. The first-order valence-corrected chi connectivity index (χ1v) is 10.5. The van der Waals surface area contributed by atoms with Crippen LogP contribution in [0.25, 0.3) is 0 Å². The normalized spacial score (nSPS) is 9.78. The first-order chi connectivity index (χ1) is 18.9. The number of aromatic carboxylic acids is 4. The van der Waals surface area contributed by atoms with E-state index in [0.29, 0.717) is 17.7 Å². The summed E-state index contributed by atoms with van der Waals surface area (Å²) in [6.07, 6.45) is 0. The van der Waals surface area contributed by atoms with Gasteiger partial charge in [0, 0.05) is 17.7 Å². The minimum Gasteiger partial charge on any atom is -0.478 e. The molecule has 0 saturated heterocycles. The molecule has 3 aromatic carbocycles. The number of halogens is 3. The summed E-state index contributed by atoms with van der Waals surface area (Å²) in [5, 5.41) is 55.1. The Morgan fingerprint density at radius 2 is 0.976 bits per heavy atom. The highest BCUT2D eigenvalue weighted by molar-refractivity contribution is 6.04. The number of nitrogens with zero attached hydrogens (tertiary/aromatic N) is 2. The quantitative estimate of drug-likeness (QED) is 0.228. The van der Waals surface area contributed by atoms with Gasteiger partial charge in [0.05, 0.1) is 15.4 Å². The number of hydrogen-bond acceptors (Lipinski definition) is 8. The molecule has 41 heavy (non-hydrogen) atoms. The van der Waals surface area contributed by atoms with Crippen LogP contribution in [0.2, 0.25) is 0 Å². The van der Waals surface area contributed by atoms with Gasteiger partial charge in [-0.15, -0.1) is 0 Å². The summed E-state index contributed by atoms with van der Waals surface area (Å²) in [4.78, 5) is 61.2. The fourth-order valence-corrected chi connectivity index (χ4v) is 3.17. The second kappa shape index (κ2) is 13.8. The molecule has 216 valence electrons. The van der Waals surface area contributed by atoms with Crippen LogP contribution in [0.4, 0.5) is 24.5 Å². The van der Waals surface area contributed by atoms with Gasteiger partial charge in [-0.25, -0.2) is 32.3 Å². The number of carbonyl (C=O) groups is 4. The highest BCUT2D eigenvalue weighted by Gasteiger charge is 2.30. The van der Waals surface area contributed by atoms with E-state index in [0.717, 1.165) is 18.2 Å². The van der Waals surface area contributed by atoms with Gasteiger partial charge in [-0.05, 0) is 37.6 Å². The fraction of sp³-hybridized carbons (Fsp3) is 0.0833. The number of benzene rings is 3. The lowest BCUT2D eigenvalue weighted by Crippen LogP contribution is -2.13. The molecule has 0 heterocycles. The van der Waals surface area contributed by atoms with Crippen LogP contribution in [0, 0.1) is 51.5 Å². The summed E-state index contributed by atoms with van der Waals surface area (Å²) in [5.74, 6) is -9.47. The minimum atomic E-state index is -1.88. The van der Waals surface area contributed by atoms with E-state index >= 15 is 0 Å². The molecule has 0 aliphatic carbocycles. The van der Waals surface area contributed by atoms with Crippen molar-refractivity contribution in [2.75, 3.05) is 0 Å². The third kappa shape index (κ3) is 8.06.